The second kappa shape index (κ2) is 14.1. The highest BCUT2D eigenvalue weighted by atomic mass is 32.1. The molecule has 0 spiro atoms. The van der Waals surface area contributed by atoms with Crippen LogP contribution in [0.5, 0.6) is 0 Å². The molecule has 0 fully saturated rings. The Hall–Kier alpha value is -8.24. The summed E-state index contributed by atoms with van der Waals surface area (Å²) in [6.07, 6.45) is 0. The van der Waals surface area contributed by atoms with Crippen molar-refractivity contribution in [3.05, 3.63) is 218 Å². The number of rotatable bonds is 5. The molecule has 3 aromatic heterocycles. The maximum Gasteiger partial charge on any atom is 0.143 e. The van der Waals surface area contributed by atoms with E-state index in [4.69, 9.17) is 8.83 Å². The molecule has 11 aromatic carbocycles. The zero-order chi connectivity index (χ0) is 42.6. The zero-order valence-electron chi connectivity index (χ0n) is 35.0. The van der Waals surface area contributed by atoms with Crippen LogP contribution in [0.1, 0.15) is 0 Å². The molecular weight excluding hydrogens is 809 g/mol. The van der Waals surface area contributed by atoms with E-state index < -0.39 is 0 Å². The standard InChI is InChI=1S/C62H36O2S/c1-3-14-37(15-4-1)38-26-28-41(29-27-38)60-58(40-17-5-2-6-18-40)53-35-52-49-24-13-25-50(62(49)65-56(52)36-55(53)64-60)59-46-22-11-9-20-44(46)57(45-21-10-12-23-47(45)59)42-31-33-54-51(34-42)48-32-30-39-16-7-8-19-43(39)61(48)63-54/h1-36H. The van der Waals surface area contributed by atoms with Crippen LogP contribution in [0.3, 0.4) is 0 Å². The maximum absolute atomic E-state index is 6.94. The average molecular weight is 845 g/mol. The van der Waals surface area contributed by atoms with Crippen LogP contribution in [0, 0.1) is 0 Å². The van der Waals surface area contributed by atoms with Crippen LogP contribution in [0.25, 0.3) is 141 Å². The van der Waals surface area contributed by atoms with Gasteiger partial charge >= 0.3 is 0 Å². The van der Waals surface area contributed by atoms with Gasteiger partial charge in [0.1, 0.15) is 22.5 Å². The first-order valence-electron chi connectivity index (χ1n) is 22.1. The summed E-state index contributed by atoms with van der Waals surface area (Å²) in [4.78, 5) is 0. The summed E-state index contributed by atoms with van der Waals surface area (Å²) in [6, 6.07) is 79.0. The summed E-state index contributed by atoms with van der Waals surface area (Å²) in [7, 11) is 0. The number of benzene rings is 11. The van der Waals surface area contributed by atoms with Gasteiger partial charge in [-0.05, 0) is 90.6 Å². The Morgan fingerprint density at radius 3 is 1.63 bits per heavy atom. The highest BCUT2D eigenvalue weighted by Gasteiger charge is 2.23. The third-order valence-electron chi connectivity index (χ3n) is 13.5. The lowest BCUT2D eigenvalue weighted by molar-refractivity contribution is 0.633. The van der Waals surface area contributed by atoms with Crippen LogP contribution in [-0.2, 0) is 0 Å². The van der Waals surface area contributed by atoms with E-state index in [1.54, 1.807) is 0 Å². The van der Waals surface area contributed by atoms with Crippen molar-refractivity contribution in [3.8, 4) is 55.8 Å². The number of hydrogen-bond donors (Lipinski definition) is 0. The van der Waals surface area contributed by atoms with E-state index >= 15 is 0 Å². The van der Waals surface area contributed by atoms with Crippen LogP contribution in [0.15, 0.2) is 227 Å². The molecule has 0 unspecified atom stereocenters. The first-order valence-corrected chi connectivity index (χ1v) is 23.0. The Morgan fingerprint density at radius 1 is 0.292 bits per heavy atom. The molecule has 0 atom stereocenters. The monoisotopic (exact) mass is 844 g/mol. The number of hydrogen-bond acceptors (Lipinski definition) is 3. The Labute approximate surface area is 377 Å². The van der Waals surface area contributed by atoms with Gasteiger partial charge in [-0.25, -0.2) is 0 Å². The summed E-state index contributed by atoms with van der Waals surface area (Å²) in [6.45, 7) is 0. The second-order valence-corrected chi connectivity index (χ2v) is 18.1. The Morgan fingerprint density at radius 2 is 0.892 bits per heavy atom. The van der Waals surface area contributed by atoms with Gasteiger partial charge in [0, 0.05) is 58.4 Å². The molecule has 3 heteroatoms. The van der Waals surface area contributed by atoms with Crippen molar-refractivity contribution in [1.82, 2.24) is 0 Å². The van der Waals surface area contributed by atoms with E-state index in [1.807, 2.05) is 11.3 Å². The van der Waals surface area contributed by atoms with E-state index in [1.165, 1.54) is 80.5 Å². The Bertz CT molecular complexity index is 4150. The van der Waals surface area contributed by atoms with Crippen molar-refractivity contribution in [2.75, 3.05) is 0 Å². The summed E-state index contributed by atoms with van der Waals surface area (Å²) in [5.74, 6) is 0.889. The second-order valence-electron chi connectivity index (χ2n) is 17.1. The first-order chi connectivity index (χ1) is 32.2. The fourth-order valence-corrected chi connectivity index (χ4v) is 11.7. The molecule has 0 N–H and O–H groups in total. The largest absolute Gasteiger partial charge is 0.455 e. The van der Waals surface area contributed by atoms with Gasteiger partial charge in [0.15, 0.2) is 0 Å². The zero-order valence-corrected chi connectivity index (χ0v) is 35.8. The number of furan rings is 2. The lowest BCUT2D eigenvalue weighted by Crippen LogP contribution is -1.91. The lowest BCUT2D eigenvalue weighted by Gasteiger charge is -2.18. The molecule has 2 nitrogen and oxygen atoms in total. The van der Waals surface area contributed by atoms with Crippen molar-refractivity contribution in [2.24, 2.45) is 0 Å². The molecule has 65 heavy (non-hydrogen) atoms. The molecule has 0 saturated heterocycles. The molecule has 0 aliphatic carbocycles. The van der Waals surface area contributed by atoms with E-state index in [9.17, 15) is 0 Å². The van der Waals surface area contributed by atoms with Gasteiger partial charge in [0.2, 0.25) is 0 Å². The minimum Gasteiger partial charge on any atom is -0.455 e. The van der Waals surface area contributed by atoms with Crippen molar-refractivity contribution in [3.63, 3.8) is 0 Å². The number of thiophene rings is 1. The summed E-state index contributed by atoms with van der Waals surface area (Å²) < 4.78 is 16.0. The van der Waals surface area contributed by atoms with Crippen LogP contribution in [0.2, 0.25) is 0 Å². The van der Waals surface area contributed by atoms with Gasteiger partial charge in [0.05, 0.1) is 0 Å². The molecule has 0 aliphatic heterocycles. The topological polar surface area (TPSA) is 26.3 Å². The minimum absolute atomic E-state index is 0.889. The molecule has 0 saturated carbocycles. The van der Waals surface area contributed by atoms with Gasteiger partial charge in [-0.3, -0.25) is 0 Å². The molecule has 0 amide bonds. The molecule has 0 aliphatic rings. The van der Waals surface area contributed by atoms with Crippen molar-refractivity contribution in [2.45, 2.75) is 0 Å². The Kier molecular flexibility index (Phi) is 7.89. The predicted molar refractivity (Wildman–Crippen MR) is 276 cm³/mol. The molecule has 0 bridgehead atoms. The van der Waals surface area contributed by atoms with Crippen molar-refractivity contribution >= 4 is 96.7 Å². The molecule has 14 rings (SSSR count). The van der Waals surface area contributed by atoms with Crippen molar-refractivity contribution < 1.29 is 8.83 Å². The smallest absolute Gasteiger partial charge is 0.143 e. The molecule has 302 valence electrons. The Balaban J connectivity index is 0.964. The van der Waals surface area contributed by atoms with E-state index in [2.05, 4.69) is 218 Å². The van der Waals surface area contributed by atoms with E-state index in [0.29, 0.717) is 0 Å². The normalized spacial score (nSPS) is 12.0. The van der Waals surface area contributed by atoms with E-state index in [0.717, 1.165) is 60.7 Å². The quantitative estimate of drug-likeness (QED) is 0.161. The first kappa shape index (κ1) is 36.3. The molecular formula is C62H36O2S. The van der Waals surface area contributed by atoms with Gasteiger partial charge in [-0.1, -0.05) is 188 Å². The van der Waals surface area contributed by atoms with Crippen LogP contribution < -0.4 is 0 Å². The van der Waals surface area contributed by atoms with Gasteiger partial charge < -0.3 is 8.83 Å². The summed E-state index contributed by atoms with van der Waals surface area (Å²) in [5, 5.41) is 13.1. The van der Waals surface area contributed by atoms with Crippen LogP contribution in [0.4, 0.5) is 0 Å². The van der Waals surface area contributed by atoms with Crippen LogP contribution in [-0.4, -0.2) is 0 Å². The third-order valence-corrected chi connectivity index (χ3v) is 14.7. The van der Waals surface area contributed by atoms with Crippen molar-refractivity contribution in [1.29, 1.82) is 0 Å². The minimum atomic E-state index is 0.889. The highest BCUT2D eigenvalue weighted by molar-refractivity contribution is 7.26. The number of fused-ring (bicyclic) bond motifs is 11. The van der Waals surface area contributed by atoms with E-state index in [-0.39, 0.29) is 0 Å². The highest BCUT2D eigenvalue weighted by Crippen LogP contribution is 2.50. The fraction of sp³-hybridized carbons (Fsp3) is 0. The molecule has 0 radical (unpaired) electrons. The van der Waals surface area contributed by atoms with Crippen LogP contribution >= 0.6 is 11.3 Å². The molecule has 3 heterocycles. The summed E-state index contributed by atoms with van der Waals surface area (Å²) in [5.41, 5.74) is 13.3. The van der Waals surface area contributed by atoms with Gasteiger partial charge in [-0.2, -0.15) is 0 Å². The average Bonchev–Trinajstić information content (AvgIpc) is 4.06. The van der Waals surface area contributed by atoms with Gasteiger partial charge in [0.25, 0.3) is 0 Å². The van der Waals surface area contributed by atoms with Gasteiger partial charge in [-0.15, -0.1) is 11.3 Å². The predicted octanol–water partition coefficient (Wildman–Crippen LogP) is 18.5. The SMILES string of the molecule is c1ccc(-c2ccc(-c3oc4cc5sc6c(-c7c8ccccc8c(-c8ccc9oc%10c%11ccccc%11ccc%10c9c8)c8ccccc78)cccc6c5cc4c3-c3ccccc3)cc2)cc1. The fourth-order valence-electron chi connectivity index (χ4n) is 10.5. The lowest BCUT2D eigenvalue weighted by atomic mass is 9.85. The molecule has 14 aromatic rings. The summed E-state index contributed by atoms with van der Waals surface area (Å²) >= 11 is 1.86. The third kappa shape index (κ3) is 5.53. The maximum atomic E-state index is 6.94.